The molecule has 1 aliphatic carbocycles. The van der Waals surface area contributed by atoms with Crippen molar-refractivity contribution in [3.63, 3.8) is 0 Å². The van der Waals surface area contributed by atoms with Crippen molar-refractivity contribution in [1.29, 1.82) is 0 Å². The molecular formula is C14H25NO3. The minimum Gasteiger partial charge on any atom is -0.481 e. The molecule has 0 aromatic heterocycles. The molecule has 0 aromatic carbocycles. The number of aliphatic carboxylic acids is 1. The zero-order chi connectivity index (χ0) is 13.7. The van der Waals surface area contributed by atoms with Gasteiger partial charge < -0.3 is 10.4 Å². The van der Waals surface area contributed by atoms with E-state index in [1.54, 1.807) is 0 Å². The topological polar surface area (TPSA) is 66.4 Å². The van der Waals surface area contributed by atoms with E-state index in [-0.39, 0.29) is 11.8 Å². The molecule has 0 spiro atoms. The maximum absolute atomic E-state index is 12.1. The summed E-state index contributed by atoms with van der Waals surface area (Å²) in [7, 11) is 0. The van der Waals surface area contributed by atoms with Crippen molar-refractivity contribution in [2.45, 2.75) is 46.5 Å². The second-order valence-electron chi connectivity index (χ2n) is 5.56. The van der Waals surface area contributed by atoms with Crippen LogP contribution in [0.5, 0.6) is 0 Å². The Kier molecular flexibility index (Phi) is 5.63. The summed E-state index contributed by atoms with van der Waals surface area (Å²) in [5.74, 6) is -0.900. The Morgan fingerprint density at radius 3 is 2.39 bits per heavy atom. The van der Waals surface area contributed by atoms with Gasteiger partial charge in [-0.15, -0.1) is 0 Å². The lowest BCUT2D eigenvalue weighted by atomic mass is 9.95. The van der Waals surface area contributed by atoms with Crippen LogP contribution < -0.4 is 5.32 Å². The molecule has 1 aliphatic rings. The zero-order valence-electron chi connectivity index (χ0n) is 11.6. The highest BCUT2D eigenvalue weighted by atomic mass is 16.4. The third-order valence-corrected chi connectivity index (χ3v) is 4.21. The van der Waals surface area contributed by atoms with Crippen molar-refractivity contribution in [3.8, 4) is 0 Å². The smallest absolute Gasteiger partial charge is 0.307 e. The molecule has 2 N–H and O–H groups in total. The molecule has 104 valence electrons. The molecule has 1 fully saturated rings. The van der Waals surface area contributed by atoms with E-state index in [1.165, 1.54) is 0 Å². The first kappa shape index (κ1) is 15.0. The molecule has 0 aromatic rings. The Hall–Kier alpha value is -1.06. The normalized spacial score (nSPS) is 28.9. The molecule has 4 nitrogen and oxygen atoms in total. The van der Waals surface area contributed by atoms with Crippen LogP contribution in [0.2, 0.25) is 0 Å². The zero-order valence-corrected chi connectivity index (χ0v) is 11.6. The van der Waals surface area contributed by atoms with Crippen molar-refractivity contribution >= 4 is 11.9 Å². The number of amides is 1. The lowest BCUT2D eigenvalue weighted by Crippen LogP contribution is -2.37. The number of nitrogens with one attached hydrogen (secondary N) is 1. The van der Waals surface area contributed by atoms with Crippen molar-refractivity contribution in [2.75, 3.05) is 6.54 Å². The average molecular weight is 255 g/mol. The van der Waals surface area contributed by atoms with Crippen LogP contribution in [-0.4, -0.2) is 23.5 Å². The molecule has 1 saturated carbocycles. The second kappa shape index (κ2) is 6.76. The summed E-state index contributed by atoms with van der Waals surface area (Å²) in [5.41, 5.74) is 0. The molecular weight excluding hydrogens is 230 g/mol. The number of carbonyl (C=O) groups excluding carboxylic acids is 1. The number of carbonyl (C=O) groups is 2. The number of hydrogen-bond acceptors (Lipinski definition) is 2. The highest BCUT2D eigenvalue weighted by Crippen LogP contribution is 2.38. The molecule has 4 atom stereocenters. The summed E-state index contributed by atoms with van der Waals surface area (Å²) in [5, 5.41) is 12.1. The fourth-order valence-electron chi connectivity index (χ4n) is 2.59. The van der Waals surface area contributed by atoms with E-state index >= 15 is 0 Å². The van der Waals surface area contributed by atoms with E-state index in [2.05, 4.69) is 26.1 Å². The van der Waals surface area contributed by atoms with E-state index in [9.17, 15) is 14.7 Å². The average Bonchev–Trinajstić information content (AvgIpc) is 2.79. The largest absolute Gasteiger partial charge is 0.481 e. The molecule has 0 bridgehead atoms. The molecule has 0 saturated heterocycles. The van der Waals surface area contributed by atoms with Gasteiger partial charge in [-0.1, -0.05) is 33.6 Å². The minimum absolute atomic E-state index is 0.0707. The van der Waals surface area contributed by atoms with Gasteiger partial charge in [0.25, 0.3) is 0 Å². The molecule has 0 radical (unpaired) electrons. The van der Waals surface area contributed by atoms with Gasteiger partial charge in [-0.05, 0) is 24.7 Å². The fourth-order valence-corrected chi connectivity index (χ4v) is 2.59. The highest BCUT2D eigenvalue weighted by molar-refractivity contribution is 5.85. The Morgan fingerprint density at radius 2 is 1.89 bits per heavy atom. The summed E-state index contributed by atoms with van der Waals surface area (Å²) in [6, 6.07) is 0. The first-order valence-electron chi connectivity index (χ1n) is 7.00. The van der Waals surface area contributed by atoms with Crippen LogP contribution >= 0.6 is 0 Å². The van der Waals surface area contributed by atoms with Gasteiger partial charge in [-0.2, -0.15) is 0 Å². The van der Waals surface area contributed by atoms with Crippen LogP contribution in [0.4, 0.5) is 0 Å². The lowest BCUT2D eigenvalue weighted by Gasteiger charge is -2.17. The van der Waals surface area contributed by atoms with Gasteiger partial charge in [0.05, 0.1) is 11.8 Å². The van der Waals surface area contributed by atoms with Gasteiger partial charge in [0.15, 0.2) is 0 Å². The Bertz CT molecular complexity index is 303. The number of carboxylic acid groups (broad SMARTS) is 1. The van der Waals surface area contributed by atoms with Gasteiger partial charge in [0.2, 0.25) is 5.91 Å². The molecule has 18 heavy (non-hydrogen) atoms. The fraction of sp³-hybridized carbons (Fsp3) is 0.857. The van der Waals surface area contributed by atoms with E-state index < -0.39 is 11.9 Å². The van der Waals surface area contributed by atoms with E-state index in [4.69, 9.17) is 0 Å². The monoisotopic (exact) mass is 255 g/mol. The van der Waals surface area contributed by atoms with Crippen LogP contribution in [0.25, 0.3) is 0 Å². The van der Waals surface area contributed by atoms with Crippen LogP contribution in [0.3, 0.4) is 0 Å². The lowest BCUT2D eigenvalue weighted by molar-refractivity contribution is -0.146. The molecule has 0 heterocycles. The van der Waals surface area contributed by atoms with Crippen molar-refractivity contribution in [3.05, 3.63) is 0 Å². The number of rotatable bonds is 6. The molecule has 0 aliphatic heterocycles. The highest BCUT2D eigenvalue weighted by Gasteiger charge is 2.41. The van der Waals surface area contributed by atoms with Crippen LogP contribution in [0.1, 0.15) is 46.5 Å². The predicted molar refractivity (Wildman–Crippen MR) is 70.1 cm³/mol. The summed E-state index contributed by atoms with van der Waals surface area (Å²) in [6.45, 7) is 6.87. The second-order valence-corrected chi connectivity index (χ2v) is 5.56. The van der Waals surface area contributed by atoms with E-state index in [0.717, 1.165) is 19.3 Å². The third-order valence-electron chi connectivity index (χ3n) is 4.21. The first-order valence-corrected chi connectivity index (χ1v) is 7.00. The summed E-state index contributed by atoms with van der Waals surface area (Å²) < 4.78 is 0. The maximum Gasteiger partial charge on any atom is 0.307 e. The maximum atomic E-state index is 12.1. The molecule has 1 rings (SSSR count). The standard InChI is InChI=1S/C14H25NO3/c1-4-9(3)8-15-13(16)11-6-10(5-2)7-12(11)14(17)18/h9-12H,4-8H2,1-3H3,(H,15,16)(H,17,18). The molecule has 1 amide bonds. The number of hydrogen-bond donors (Lipinski definition) is 2. The van der Waals surface area contributed by atoms with Crippen LogP contribution in [0, 0.1) is 23.7 Å². The van der Waals surface area contributed by atoms with Crippen molar-refractivity contribution in [2.24, 2.45) is 23.7 Å². The Balaban J connectivity index is 2.56. The minimum atomic E-state index is -0.824. The Morgan fingerprint density at radius 1 is 1.28 bits per heavy atom. The van der Waals surface area contributed by atoms with Crippen molar-refractivity contribution in [1.82, 2.24) is 5.32 Å². The third kappa shape index (κ3) is 3.72. The van der Waals surface area contributed by atoms with Gasteiger partial charge >= 0.3 is 5.97 Å². The van der Waals surface area contributed by atoms with E-state index in [0.29, 0.717) is 24.8 Å². The summed E-state index contributed by atoms with van der Waals surface area (Å²) in [4.78, 5) is 23.3. The SMILES string of the molecule is CCC(C)CNC(=O)C1CC(CC)CC1C(=O)O. The summed E-state index contributed by atoms with van der Waals surface area (Å²) in [6.07, 6.45) is 3.34. The summed E-state index contributed by atoms with van der Waals surface area (Å²) >= 11 is 0. The van der Waals surface area contributed by atoms with Gasteiger partial charge in [0.1, 0.15) is 0 Å². The molecule has 4 heteroatoms. The van der Waals surface area contributed by atoms with Gasteiger partial charge in [-0.3, -0.25) is 9.59 Å². The van der Waals surface area contributed by atoms with Gasteiger partial charge in [0, 0.05) is 6.54 Å². The first-order chi connectivity index (χ1) is 8.49. The Labute approximate surface area is 109 Å². The molecule has 4 unspecified atom stereocenters. The predicted octanol–water partition coefficient (Wildman–Crippen LogP) is 2.29. The van der Waals surface area contributed by atoms with Crippen LogP contribution in [-0.2, 0) is 9.59 Å². The van der Waals surface area contributed by atoms with Crippen molar-refractivity contribution < 1.29 is 14.7 Å². The van der Waals surface area contributed by atoms with Gasteiger partial charge in [-0.25, -0.2) is 0 Å². The quantitative estimate of drug-likeness (QED) is 0.765. The number of carboxylic acids is 1. The van der Waals surface area contributed by atoms with E-state index in [1.807, 2.05) is 0 Å². The van der Waals surface area contributed by atoms with Crippen LogP contribution in [0.15, 0.2) is 0 Å².